The molecule has 1 aliphatic carbocycles. The van der Waals surface area contributed by atoms with E-state index in [1.54, 1.807) is 0 Å². The number of hydrogen-bond donors (Lipinski definition) is 0. The van der Waals surface area contributed by atoms with Gasteiger partial charge in [0, 0.05) is 19.0 Å². The fourth-order valence-electron chi connectivity index (χ4n) is 2.47. The minimum atomic E-state index is 0.404. The highest BCUT2D eigenvalue weighted by atomic mass is 16.2. The van der Waals surface area contributed by atoms with Crippen molar-refractivity contribution in [1.82, 2.24) is 4.90 Å². The fourth-order valence-corrected chi connectivity index (χ4v) is 2.47. The number of carbonyl (C=O) groups excluding carboxylic acids is 1. The van der Waals surface area contributed by atoms with E-state index in [2.05, 4.69) is 18.7 Å². The van der Waals surface area contributed by atoms with Gasteiger partial charge in [-0.1, -0.05) is 20.3 Å². The lowest BCUT2D eigenvalue weighted by molar-refractivity contribution is -0.135. The highest BCUT2D eigenvalue weighted by Gasteiger charge is 2.36. The van der Waals surface area contributed by atoms with Crippen LogP contribution in [0.25, 0.3) is 0 Å². The normalized spacial score (nSPS) is 33.1. The molecular weight excluding hydrogens is 174 g/mol. The summed E-state index contributed by atoms with van der Waals surface area (Å²) >= 11 is 0. The predicted octanol–water partition coefficient (Wildman–Crippen LogP) is 2.29. The van der Waals surface area contributed by atoms with Crippen molar-refractivity contribution in [3.63, 3.8) is 0 Å². The molecule has 14 heavy (non-hydrogen) atoms. The summed E-state index contributed by atoms with van der Waals surface area (Å²) in [4.78, 5) is 14.0. The van der Waals surface area contributed by atoms with Gasteiger partial charge in [0.15, 0.2) is 0 Å². The Morgan fingerprint density at radius 2 is 2.07 bits per heavy atom. The maximum atomic E-state index is 11.9. The second-order valence-corrected chi connectivity index (χ2v) is 4.99. The molecule has 0 spiro atoms. The Labute approximate surface area is 86.7 Å². The first-order chi connectivity index (χ1) is 6.72. The summed E-state index contributed by atoms with van der Waals surface area (Å²) in [6.45, 7) is 6.60. The molecule has 0 aromatic rings. The Kier molecular flexibility index (Phi) is 2.80. The van der Waals surface area contributed by atoms with Gasteiger partial charge in [-0.05, 0) is 31.1 Å². The summed E-state index contributed by atoms with van der Waals surface area (Å²) in [7, 11) is 0. The number of amides is 1. The van der Waals surface area contributed by atoms with Crippen LogP contribution < -0.4 is 0 Å². The number of likely N-dealkylation sites (tertiary alicyclic amines) is 1. The number of hydrogen-bond acceptors (Lipinski definition) is 1. The third-order valence-electron chi connectivity index (χ3n) is 3.88. The Bertz CT molecular complexity index is 222. The minimum Gasteiger partial charge on any atom is -0.342 e. The Balaban J connectivity index is 1.91. The number of piperidine rings is 1. The third-order valence-corrected chi connectivity index (χ3v) is 3.88. The van der Waals surface area contributed by atoms with Crippen LogP contribution in [0.1, 0.15) is 39.5 Å². The van der Waals surface area contributed by atoms with Crippen LogP contribution in [0.5, 0.6) is 0 Å². The highest BCUT2D eigenvalue weighted by Crippen LogP contribution is 2.34. The first kappa shape index (κ1) is 10.0. The van der Waals surface area contributed by atoms with Crippen molar-refractivity contribution in [3.8, 4) is 0 Å². The van der Waals surface area contributed by atoms with Crippen molar-refractivity contribution >= 4 is 5.91 Å². The second kappa shape index (κ2) is 3.92. The van der Waals surface area contributed by atoms with Crippen LogP contribution in [0.15, 0.2) is 0 Å². The Morgan fingerprint density at radius 1 is 1.36 bits per heavy atom. The summed E-state index contributed by atoms with van der Waals surface area (Å²) in [5, 5.41) is 0. The zero-order valence-corrected chi connectivity index (χ0v) is 9.33. The molecule has 1 saturated heterocycles. The van der Waals surface area contributed by atoms with E-state index < -0.39 is 0 Å². The van der Waals surface area contributed by atoms with Crippen LogP contribution in [-0.2, 0) is 4.79 Å². The Hall–Kier alpha value is -0.530. The maximum Gasteiger partial charge on any atom is 0.225 e. The molecule has 1 amide bonds. The molecule has 0 radical (unpaired) electrons. The van der Waals surface area contributed by atoms with Crippen LogP contribution in [0.3, 0.4) is 0 Å². The van der Waals surface area contributed by atoms with E-state index in [-0.39, 0.29) is 0 Å². The third kappa shape index (κ3) is 1.94. The molecule has 2 atom stereocenters. The van der Waals surface area contributed by atoms with E-state index >= 15 is 0 Å². The van der Waals surface area contributed by atoms with Gasteiger partial charge in [-0.15, -0.1) is 0 Å². The van der Waals surface area contributed by atoms with E-state index in [4.69, 9.17) is 0 Å². The van der Waals surface area contributed by atoms with Gasteiger partial charge in [-0.3, -0.25) is 4.79 Å². The molecule has 2 aliphatic rings. The molecule has 2 heteroatoms. The highest BCUT2D eigenvalue weighted by molar-refractivity contribution is 5.81. The zero-order valence-electron chi connectivity index (χ0n) is 9.33. The molecule has 1 saturated carbocycles. The lowest BCUT2D eigenvalue weighted by atomic mass is 9.85. The summed E-state index contributed by atoms with van der Waals surface area (Å²) in [6.07, 6.45) is 4.70. The number of rotatable bonds is 2. The van der Waals surface area contributed by atoms with Crippen molar-refractivity contribution < 1.29 is 4.79 Å². The largest absolute Gasteiger partial charge is 0.342 e. The van der Waals surface area contributed by atoms with E-state index in [1.165, 1.54) is 12.8 Å². The molecule has 2 unspecified atom stereocenters. The summed E-state index contributed by atoms with van der Waals surface area (Å²) < 4.78 is 0. The maximum absolute atomic E-state index is 11.9. The Morgan fingerprint density at radius 3 is 2.64 bits per heavy atom. The fraction of sp³-hybridized carbons (Fsp3) is 0.917. The summed E-state index contributed by atoms with van der Waals surface area (Å²) in [5.74, 6) is 2.39. The lowest BCUT2D eigenvalue weighted by Gasteiger charge is -2.36. The van der Waals surface area contributed by atoms with Crippen molar-refractivity contribution in [2.24, 2.45) is 17.8 Å². The van der Waals surface area contributed by atoms with Crippen LogP contribution in [0.2, 0.25) is 0 Å². The molecule has 0 aromatic carbocycles. The van der Waals surface area contributed by atoms with Gasteiger partial charge in [0.2, 0.25) is 5.91 Å². The van der Waals surface area contributed by atoms with Gasteiger partial charge in [0.05, 0.1) is 0 Å². The van der Waals surface area contributed by atoms with Crippen LogP contribution in [0.4, 0.5) is 0 Å². The summed E-state index contributed by atoms with van der Waals surface area (Å²) in [6, 6.07) is 0. The lowest BCUT2D eigenvalue weighted by Crippen LogP contribution is -2.43. The van der Waals surface area contributed by atoms with Gasteiger partial charge in [0.25, 0.3) is 0 Å². The average Bonchev–Trinajstić information content (AvgIpc) is 3.01. The van der Waals surface area contributed by atoms with Gasteiger partial charge >= 0.3 is 0 Å². The van der Waals surface area contributed by atoms with Crippen molar-refractivity contribution in [2.75, 3.05) is 13.1 Å². The quantitative estimate of drug-likeness (QED) is 0.662. The van der Waals surface area contributed by atoms with Crippen molar-refractivity contribution in [1.29, 1.82) is 0 Å². The SMILES string of the molecule is CCC1CN(C(=O)C2CC2)CCC1C. The molecule has 0 N–H and O–H groups in total. The minimum absolute atomic E-state index is 0.404. The van der Waals surface area contributed by atoms with E-state index in [9.17, 15) is 4.79 Å². The van der Waals surface area contributed by atoms with Crippen molar-refractivity contribution in [2.45, 2.75) is 39.5 Å². The second-order valence-electron chi connectivity index (χ2n) is 4.99. The van der Waals surface area contributed by atoms with Crippen molar-refractivity contribution in [3.05, 3.63) is 0 Å². The van der Waals surface area contributed by atoms with Gasteiger partial charge in [-0.25, -0.2) is 0 Å². The molecule has 2 rings (SSSR count). The monoisotopic (exact) mass is 195 g/mol. The molecule has 0 bridgehead atoms. The van der Waals surface area contributed by atoms with Crippen LogP contribution in [0, 0.1) is 17.8 Å². The first-order valence-corrected chi connectivity index (χ1v) is 6.01. The van der Waals surface area contributed by atoms with E-state index in [0.29, 0.717) is 11.8 Å². The molecule has 2 nitrogen and oxygen atoms in total. The van der Waals surface area contributed by atoms with E-state index in [1.807, 2.05) is 0 Å². The molecule has 80 valence electrons. The summed E-state index contributed by atoms with van der Waals surface area (Å²) in [5.41, 5.74) is 0. The average molecular weight is 195 g/mol. The van der Waals surface area contributed by atoms with E-state index in [0.717, 1.165) is 37.8 Å². The van der Waals surface area contributed by atoms with Crippen LogP contribution >= 0.6 is 0 Å². The zero-order chi connectivity index (χ0) is 10.1. The molecule has 1 heterocycles. The number of carbonyl (C=O) groups is 1. The van der Waals surface area contributed by atoms with Gasteiger partial charge in [0.1, 0.15) is 0 Å². The molecule has 1 aliphatic heterocycles. The van der Waals surface area contributed by atoms with Gasteiger partial charge in [-0.2, -0.15) is 0 Å². The molecular formula is C12H21NO. The van der Waals surface area contributed by atoms with Crippen LogP contribution in [-0.4, -0.2) is 23.9 Å². The topological polar surface area (TPSA) is 20.3 Å². The standard InChI is InChI=1S/C12H21NO/c1-3-10-8-13(7-6-9(10)2)12(14)11-4-5-11/h9-11H,3-8H2,1-2H3. The number of nitrogens with zero attached hydrogens (tertiary/aromatic N) is 1. The predicted molar refractivity (Wildman–Crippen MR) is 56.9 cm³/mol. The van der Waals surface area contributed by atoms with Gasteiger partial charge < -0.3 is 4.90 Å². The molecule has 0 aromatic heterocycles. The molecule has 2 fully saturated rings. The first-order valence-electron chi connectivity index (χ1n) is 6.01. The smallest absolute Gasteiger partial charge is 0.225 e.